The number of hydrogen-bond donors (Lipinski definition) is 1. The summed E-state index contributed by atoms with van der Waals surface area (Å²) in [5, 5.41) is 2.59. The highest BCUT2D eigenvalue weighted by Crippen LogP contribution is 2.38. The van der Waals surface area contributed by atoms with E-state index in [4.69, 9.17) is 21.1 Å². The van der Waals surface area contributed by atoms with E-state index in [1.165, 1.54) is 31.4 Å². The number of nitrogens with zero attached hydrogens (tertiary/aromatic N) is 1. The molecule has 37 heavy (non-hydrogen) atoms. The van der Waals surface area contributed by atoms with Gasteiger partial charge >= 0.3 is 0 Å². The van der Waals surface area contributed by atoms with Crippen LogP contribution in [0.4, 0.5) is 14.9 Å². The first-order chi connectivity index (χ1) is 17.7. The van der Waals surface area contributed by atoms with Gasteiger partial charge in [0.2, 0.25) is 5.91 Å². The Morgan fingerprint density at radius 2 is 1.81 bits per heavy atom. The van der Waals surface area contributed by atoms with Crippen molar-refractivity contribution in [3.8, 4) is 11.5 Å². The molecule has 0 spiro atoms. The van der Waals surface area contributed by atoms with Gasteiger partial charge in [-0.15, -0.1) is 0 Å². The van der Waals surface area contributed by atoms with Crippen LogP contribution in [-0.2, 0) is 16.2 Å². The van der Waals surface area contributed by atoms with Crippen LogP contribution in [0.1, 0.15) is 11.1 Å². The van der Waals surface area contributed by atoms with Crippen molar-refractivity contribution in [2.75, 3.05) is 19.0 Å². The van der Waals surface area contributed by atoms with Crippen molar-refractivity contribution in [2.24, 2.45) is 0 Å². The third kappa shape index (κ3) is 6.71. The van der Waals surface area contributed by atoms with Crippen molar-refractivity contribution >= 4 is 68.1 Å². The zero-order valence-corrected chi connectivity index (χ0v) is 22.5. The highest BCUT2D eigenvalue weighted by atomic mass is 79.9. The lowest BCUT2D eigenvalue weighted by molar-refractivity contribution is -0.127. The summed E-state index contributed by atoms with van der Waals surface area (Å²) in [5.41, 5.74) is 1.85. The molecule has 1 saturated heterocycles. The van der Waals surface area contributed by atoms with Crippen molar-refractivity contribution in [3.05, 3.63) is 92.0 Å². The molecule has 7 nitrogen and oxygen atoms in total. The Kier molecular flexibility index (Phi) is 8.52. The fourth-order valence-electron chi connectivity index (χ4n) is 3.33. The van der Waals surface area contributed by atoms with Crippen molar-refractivity contribution in [3.63, 3.8) is 0 Å². The molecule has 4 rings (SSSR count). The minimum atomic E-state index is -0.599. The first kappa shape index (κ1) is 26.7. The topological polar surface area (TPSA) is 84.9 Å². The number of hydrogen-bond acceptors (Lipinski definition) is 6. The summed E-state index contributed by atoms with van der Waals surface area (Å²) in [6.45, 7) is -0.181. The molecule has 1 aliphatic heterocycles. The van der Waals surface area contributed by atoms with Gasteiger partial charge in [-0.1, -0.05) is 39.7 Å². The van der Waals surface area contributed by atoms with E-state index in [9.17, 15) is 18.8 Å². The number of nitrogens with one attached hydrogen (secondary N) is 1. The van der Waals surface area contributed by atoms with Gasteiger partial charge in [-0.2, -0.15) is 0 Å². The Hall–Kier alpha value is -3.34. The third-order valence-corrected chi connectivity index (χ3v) is 7.03. The van der Waals surface area contributed by atoms with Crippen molar-refractivity contribution in [2.45, 2.75) is 6.61 Å². The maximum absolute atomic E-state index is 13.1. The minimum absolute atomic E-state index is 0.150. The van der Waals surface area contributed by atoms with Crippen LogP contribution < -0.4 is 14.8 Å². The smallest absolute Gasteiger partial charge is 0.294 e. The molecule has 1 fully saturated rings. The molecule has 190 valence electrons. The second-order valence-corrected chi connectivity index (χ2v) is 10.0. The number of carbonyl (C=O) groups is 3. The molecule has 0 unspecified atom stereocenters. The maximum Gasteiger partial charge on any atom is 0.294 e. The number of amides is 3. The molecule has 0 radical (unpaired) electrons. The molecular formula is C26H19BrClFN2O5S. The molecule has 3 amide bonds. The number of anilines is 1. The molecule has 0 aliphatic carbocycles. The Labute approximate surface area is 229 Å². The Morgan fingerprint density at radius 1 is 1.11 bits per heavy atom. The lowest BCUT2D eigenvalue weighted by atomic mass is 10.1. The zero-order valence-electron chi connectivity index (χ0n) is 19.3. The van der Waals surface area contributed by atoms with Gasteiger partial charge in [0.1, 0.15) is 19.0 Å². The predicted octanol–water partition coefficient (Wildman–Crippen LogP) is 6.50. The summed E-state index contributed by atoms with van der Waals surface area (Å²) in [7, 11) is 1.50. The average Bonchev–Trinajstić information content (AvgIpc) is 3.13. The van der Waals surface area contributed by atoms with E-state index in [-0.39, 0.29) is 11.5 Å². The first-order valence-corrected chi connectivity index (χ1v) is 12.8. The summed E-state index contributed by atoms with van der Waals surface area (Å²) in [4.78, 5) is 38.7. The fourth-order valence-corrected chi connectivity index (χ4v) is 4.72. The molecule has 1 heterocycles. The standard InChI is InChI=1S/C26H19BrClFN2O5S/c1-35-21-10-16(20(27)12-22(21)36-14-15-2-4-17(28)5-3-15)11-23-25(33)31(26(34)37-23)13-24(32)30-19-8-6-18(29)7-9-19/h2-12H,13-14H2,1H3,(H,30,32)/b23-11-. The largest absolute Gasteiger partial charge is 0.493 e. The van der Waals surface area contributed by atoms with E-state index < -0.39 is 29.4 Å². The van der Waals surface area contributed by atoms with Gasteiger partial charge in [0, 0.05) is 15.2 Å². The van der Waals surface area contributed by atoms with Crippen molar-refractivity contribution in [1.82, 2.24) is 4.90 Å². The van der Waals surface area contributed by atoms with Gasteiger partial charge in [-0.3, -0.25) is 19.3 Å². The number of thioether (sulfide) groups is 1. The molecule has 0 atom stereocenters. The highest BCUT2D eigenvalue weighted by Gasteiger charge is 2.36. The van der Waals surface area contributed by atoms with Gasteiger partial charge in [-0.25, -0.2) is 4.39 Å². The van der Waals surface area contributed by atoms with Crippen LogP contribution in [0, 0.1) is 5.82 Å². The van der Waals surface area contributed by atoms with E-state index in [1.54, 1.807) is 30.3 Å². The molecule has 0 aromatic heterocycles. The SMILES string of the molecule is COc1cc(/C=C2\SC(=O)N(CC(=O)Nc3ccc(F)cc3)C2=O)c(Br)cc1OCc1ccc(Cl)cc1. The highest BCUT2D eigenvalue weighted by molar-refractivity contribution is 9.10. The predicted molar refractivity (Wildman–Crippen MR) is 144 cm³/mol. The fraction of sp³-hybridized carbons (Fsp3) is 0.115. The quantitative estimate of drug-likeness (QED) is 0.295. The van der Waals surface area contributed by atoms with Crippen molar-refractivity contribution < 1.29 is 28.2 Å². The summed E-state index contributed by atoms with van der Waals surface area (Å²) < 4.78 is 25.0. The Balaban J connectivity index is 1.46. The lowest BCUT2D eigenvalue weighted by Crippen LogP contribution is -2.36. The van der Waals surface area contributed by atoms with Crippen LogP contribution >= 0.6 is 39.3 Å². The molecule has 0 saturated carbocycles. The maximum atomic E-state index is 13.1. The average molecular weight is 606 g/mol. The molecule has 1 aliphatic rings. The molecule has 1 N–H and O–H groups in total. The monoisotopic (exact) mass is 604 g/mol. The Bertz CT molecular complexity index is 1380. The van der Waals surface area contributed by atoms with Gasteiger partial charge in [-0.05, 0) is 77.5 Å². The van der Waals surface area contributed by atoms with Crippen LogP contribution in [-0.4, -0.2) is 35.6 Å². The van der Waals surface area contributed by atoms with Gasteiger partial charge < -0.3 is 14.8 Å². The lowest BCUT2D eigenvalue weighted by Gasteiger charge is -2.13. The van der Waals surface area contributed by atoms with Crippen LogP contribution in [0.15, 0.2) is 70.0 Å². The Morgan fingerprint density at radius 3 is 2.49 bits per heavy atom. The minimum Gasteiger partial charge on any atom is -0.493 e. The molecule has 11 heteroatoms. The van der Waals surface area contributed by atoms with E-state index >= 15 is 0 Å². The number of carbonyl (C=O) groups excluding carboxylic acids is 3. The van der Waals surface area contributed by atoms with Crippen LogP contribution in [0.25, 0.3) is 6.08 Å². The van der Waals surface area contributed by atoms with Crippen LogP contribution in [0.5, 0.6) is 11.5 Å². The molecule has 3 aromatic rings. The number of imide groups is 1. The van der Waals surface area contributed by atoms with Gasteiger partial charge in [0.15, 0.2) is 11.5 Å². The van der Waals surface area contributed by atoms with E-state index in [0.29, 0.717) is 32.2 Å². The van der Waals surface area contributed by atoms with Gasteiger partial charge in [0.25, 0.3) is 11.1 Å². The van der Waals surface area contributed by atoms with Crippen LogP contribution in [0.3, 0.4) is 0 Å². The zero-order chi connectivity index (χ0) is 26.5. The second kappa shape index (κ2) is 11.8. The van der Waals surface area contributed by atoms with E-state index in [2.05, 4.69) is 21.2 Å². The second-order valence-electron chi connectivity index (χ2n) is 7.76. The number of ether oxygens (including phenoxy) is 2. The normalized spacial score (nSPS) is 14.3. The number of rotatable bonds is 8. The first-order valence-electron chi connectivity index (χ1n) is 10.8. The summed E-state index contributed by atoms with van der Waals surface area (Å²) in [5.74, 6) is -0.718. The number of benzene rings is 3. The summed E-state index contributed by atoms with van der Waals surface area (Å²) in [6, 6.07) is 15.8. The molecular weight excluding hydrogens is 587 g/mol. The summed E-state index contributed by atoms with van der Waals surface area (Å²) in [6.07, 6.45) is 1.54. The van der Waals surface area contributed by atoms with Crippen LogP contribution in [0.2, 0.25) is 5.02 Å². The molecule has 0 bridgehead atoms. The number of methoxy groups -OCH3 is 1. The van der Waals surface area contributed by atoms with E-state index in [0.717, 1.165) is 22.2 Å². The van der Waals surface area contributed by atoms with Crippen molar-refractivity contribution in [1.29, 1.82) is 0 Å². The van der Waals surface area contributed by atoms with Gasteiger partial charge in [0.05, 0.1) is 12.0 Å². The van der Waals surface area contributed by atoms with E-state index in [1.807, 2.05) is 12.1 Å². The molecule has 3 aromatic carbocycles. The third-order valence-electron chi connectivity index (χ3n) is 5.18. The summed E-state index contributed by atoms with van der Waals surface area (Å²) >= 11 is 10.1. The number of halogens is 3.